The molecule has 0 saturated heterocycles. The van der Waals surface area contributed by atoms with Gasteiger partial charge in [-0.15, -0.1) is 0 Å². The Morgan fingerprint density at radius 3 is 2.10 bits per heavy atom. The van der Waals surface area contributed by atoms with Gasteiger partial charge in [-0.1, -0.05) is 6.58 Å². The van der Waals surface area contributed by atoms with Crippen LogP contribution in [0.3, 0.4) is 0 Å². The van der Waals surface area contributed by atoms with Crippen molar-refractivity contribution in [3.63, 3.8) is 0 Å². The lowest BCUT2D eigenvalue weighted by atomic mass is 10.7. The van der Waals surface area contributed by atoms with Gasteiger partial charge in [0, 0.05) is 27.3 Å². The van der Waals surface area contributed by atoms with Gasteiger partial charge in [0.2, 0.25) is 5.96 Å². The van der Waals surface area contributed by atoms with Gasteiger partial charge in [0.05, 0.1) is 0 Å². The number of hydrogen-bond acceptors (Lipinski definition) is 2. The number of hydrogen-bond donors (Lipinski definition) is 1. The standard InChI is InChI=1S/C6H14N4/c1-5-8-6(9(2)3)10(4)7/h5H,1,7H2,2-4H3. The molecule has 58 valence electrons. The minimum Gasteiger partial charge on any atom is -0.348 e. The SMILES string of the molecule is C=CN=C(N(C)C)N(C)N. The number of aliphatic imine (C=N–C) groups is 1. The topological polar surface area (TPSA) is 44.9 Å². The summed E-state index contributed by atoms with van der Waals surface area (Å²) in [6.45, 7) is 3.47. The molecule has 0 aromatic rings. The molecule has 0 aliphatic heterocycles. The van der Waals surface area contributed by atoms with Crippen LogP contribution in [-0.2, 0) is 0 Å². The molecule has 0 radical (unpaired) electrons. The molecule has 0 aliphatic rings. The first-order chi connectivity index (χ1) is 4.59. The number of nitrogens with two attached hydrogens (primary N) is 1. The molecule has 0 heterocycles. The molecule has 0 aromatic heterocycles. The maximum absolute atomic E-state index is 5.44. The Morgan fingerprint density at radius 1 is 1.50 bits per heavy atom. The van der Waals surface area contributed by atoms with E-state index in [0.717, 1.165) is 0 Å². The lowest BCUT2D eigenvalue weighted by Crippen LogP contribution is -2.42. The molecular weight excluding hydrogens is 128 g/mol. The molecule has 2 N–H and O–H groups in total. The summed E-state index contributed by atoms with van der Waals surface area (Å²) in [5, 5.41) is 1.43. The van der Waals surface area contributed by atoms with Crippen molar-refractivity contribution in [2.75, 3.05) is 21.1 Å². The zero-order valence-electron chi connectivity index (χ0n) is 6.70. The smallest absolute Gasteiger partial charge is 0.214 e. The van der Waals surface area contributed by atoms with E-state index in [4.69, 9.17) is 5.84 Å². The number of rotatable bonds is 1. The first kappa shape index (κ1) is 8.97. The van der Waals surface area contributed by atoms with Crippen LogP contribution in [0.2, 0.25) is 0 Å². The van der Waals surface area contributed by atoms with Crippen LogP contribution in [0.5, 0.6) is 0 Å². The van der Waals surface area contributed by atoms with E-state index in [0.29, 0.717) is 5.96 Å². The van der Waals surface area contributed by atoms with Crippen molar-refractivity contribution < 1.29 is 0 Å². The number of nitrogens with zero attached hydrogens (tertiary/aromatic N) is 3. The van der Waals surface area contributed by atoms with Crippen molar-refractivity contribution in [3.05, 3.63) is 12.8 Å². The number of hydrazine groups is 1. The van der Waals surface area contributed by atoms with Crippen molar-refractivity contribution in [2.24, 2.45) is 10.8 Å². The van der Waals surface area contributed by atoms with E-state index >= 15 is 0 Å². The third-order valence-corrected chi connectivity index (χ3v) is 0.922. The minimum absolute atomic E-state index is 0.676. The van der Waals surface area contributed by atoms with E-state index in [-0.39, 0.29) is 0 Å². The van der Waals surface area contributed by atoms with E-state index < -0.39 is 0 Å². The lowest BCUT2D eigenvalue weighted by molar-refractivity contribution is 0.441. The van der Waals surface area contributed by atoms with E-state index in [1.165, 1.54) is 11.2 Å². The van der Waals surface area contributed by atoms with Crippen LogP contribution in [-0.4, -0.2) is 37.0 Å². The molecule has 0 saturated carbocycles. The van der Waals surface area contributed by atoms with Gasteiger partial charge < -0.3 is 4.90 Å². The van der Waals surface area contributed by atoms with Crippen molar-refractivity contribution in [3.8, 4) is 0 Å². The summed E-state index contributed by atoms with van der Waals surface area (Å²) in [6, 6.07) is 0. The molecule has 0 unspecified atom stereocenters. The summed E-state index contributed by atoms with van der Waals surface area (Å²) in [7, 11) is 5.46. The van der Waals surface area contributed by atoms with E-state index in [2.05, 4.69) is 11.6 Å². The monoisotopic (exact) mass is 142 g/mol. The maximum Gasteiger partial charge on any atom is 0.214 e. The van der Waals surface area contributed by atoms with Crippen LogP contribution in [0.4, 0.5) is 0 Å². The molecule has 0 atom stereocenters. The van der Waals surface area contributed by atoms with Gasteiger partial charge in [-0.25, -0.2) is 10.8 Å². The second kappa shape index (κ2) is 3.90. The predicted octanol–water partition coefficient (Wildman–Crippen LogP) is -0.147. The first-order valence-corrected chi connectivity index (χ1v) is 2.94. The molecule has 0 spiro atoms. The second-order valence-corrected chi connectivity index (χ2v) is 2.12. The van der Waals surface area contributed by atoms with Crippen molar-refractivity contribution >= 4 is 5.96 Å². The summed E-state index contributed by atoms with van der Waals surface area (Å²) in [5.41, 5.74) is 0. The normalized spacial score (nSPS) is 11.0. The highest BCUT2D eigenvalue weighted by molar-refractivity contribution is 5.79. The van der Waals surface area contributed by atoms with E-state index in [1.54, 1.807) is 7.05 Å². The largest absolute Gasteiger partial charge is 0.348 e. The average Bonchev–Trinajstić information content (AvgIpc) is 1.81. The van der Waals surface area contributed by atoms with Gasteiger partial charge >= 0.3 is 0 Å². The highest BCUT2D eigenvalue weighted by atomic mass is 15.5. The Morgan fingerprint density at radius 2 is 2.00 bits per heavy atom. The minimum atomic E-state index is 0.676. The fourth-order valence-corrected chi connectivity index (χ4v) is 0.604. The van der Waals surface area contributed by atoms with Crippen molar-refractivity contribution in [1.82, 2.24) is 9.91 Å². The van der Waals surface area contributed by atoms with Gasteiger partial charge in [0.15, 0.2) is 0 Å². The van der Waals surface area contributed by atoms with Gasteiger partial charge in [-0.2, -0.15) is 0 Å². The Labute approximate surface area is 61.6 Å². The van der Waals surface area contributed by atoms with E-state index in [1.807, 2.05) is 19.0 Å². The summed E-state index contributed by atoms with van der Waals surface area (Å²) >= 11 is 0. The third-order valence-electron chi connectivity index (χ3n) is 0.922. The fraction of sp³-hybridized carbons (Fsp3) is 0.500. The Kier molecular flexibility index (Phi) is 3.49. The summed E-state index contributed by atoms with van der Waals surface area (Å²) in [4.78, 5) is 5.74. The molecule has 0 aromatic carbocycles. The molecule has 0 rings (SSSR count). The average molecular weight is 142 g/mol. The Balaban J connectivity index is 4.26. The van der Waals surface area contributed by atoms with Gasteiger partial charge in [-0.05, 0) is 0 Å². The Bertz CT molecular complexity index is 127. The predicted molar refractivity (Wildman–Crippen MR) is 43.3 cm³/mol. The molecule has 10 heavy (non-hydrogen) atoms. The molecule has 0 fully saturated rings. The highest BCUT2D eigenvalue weighted by Crippen LogP contribution is 1.85. The second-order valence-electron chi connectivity index (χ2n) is 2.12. The zero-order valence-corrected chi connectivity index (χ0v) is 6.70. The van der Waals surface area contributed by atoms with Crippen LogP contribution in [0, 0.1) is 0 Å². The van der Waals surface area contributed by atoms with E-state index in [9.17, 15) is 0 Å². The van der Waals surface area contributed by atoms with Crippen molar-refractivity contribution in [1.29, 1.82) is 0 Å². The molecule has 4 heteroatoms. The molecule has 4 nitrogen and oxygen atoms in total. The van der Waals surface area contributed by atoms with Crippen LogP contribution in [0.1, 0.15) is 0 Å². The quantitative estimate of drug-likeness (QED) is 0.240. The van der Waals surface area contributed by atoms with Crippen LogP contribution in [0.15, 0.2) is 17.8 Å². The highest BCUT2D eigenvalue weighted by Gasteiger charge is 2.01. The summed E-state index contributed by atoms with van der Waals surface area (Å²) in [5.74, 6) is 6.11. The summed E-state index contributed by atoms with van der Waals surface area (Å²) in [6.07, 6.45) is 1.46. The van der Waals surface area contributed by atoms with Crippen LogP contribution < -0.4 is 5.84 Å². The van der Waals surface area contributed by atoms with Crippen LogP contribution >= 0.6 is 0 Å². The van der Waals surface area contributed by atoms with Gasteiger partial charge in [0.25, 0.3) is 0 Å². The lowest BCUT2D eigenvalue weighted by Gasteiger charge is -2.20. The third kappa shape index (κ3) is 2.50. The fourth-order valence-electron chi connectivity index (χ4n) is 0.604. The first-order valence-electron chi connectivity index (χ1n) is 2.94. The molecular formula is C6H14N4. The van der Waals surface area contributed by atoms with Crippen molar-refractivity contribution in [2.45, 2.75) is 0 Å². The maximum atomic E-state index is 5.44. The Hall–Kier alpha value is -1.03. The summed E-state index contributed by atoms with van der Waals surface area (Å²) < 4.78 is 0. The van der Waals surface area contributed by atoms with Crippen LogP contribution in [0.25, 0.3) is 0 Å². The molecule has 0 amide bonds. The zero-order chi connectivity index (χ0) is 8.15. The van der Waals surface area contributed by atoms with Gasteiger partial charge in [0.1, 0.15) is 0 Å². The number of guanidine groups is 1. The molecule has 0 aliphatic carbocycles. The van der Waals surface area contributed by atoms with Gasteiger partial charge in [-0.3, -0.25) is 5.01 Å². The molecule has 0 bridgehead atoms.